The number of fused-ring (bicyclic) bond motifs is 1. The van der Waals surface area contributed by atoms with E-state index in [-0.39, 0.29) is 23.5 Å². The first-order valence-electron chi connectivity index (χ1n) is 9.75. The number of aromatic nitrogens is 3. The molecule has 8 nitrogen and oxygen atoms in total. The fraction of sp³-hybridized carbons (Fsp3) is 0.318. The Labute approximate surface area is 183 Å². The zero-order valence-corrected chi connectivity index (χ0v) is 18.8. The highest BCUT2D eigenvalue weighted by Gasteiger charge is 2.22. The van der Waals surface area contributed by atoms with E-state index in [1.54, 1.807) is 46.0 Å². The zero-order valence-electron chi connectivity index (χ0n) is 18.0. The Kier molecular flexibility index (Phi) is 6.35. The Balaban J connectivity index is 1.86. The van der Waals surface area contributed by atoms with Crippen molar-refractivity contribution in [2.45, 2.75) is 34.6 Å². The lowest BCUT2D eigenvalue weighted by atomic mass is 9.96. The molecule has 0 atom stereocenters. The van der Waals surface area contributed by atoms with E-state index in [0.717, 1.165) is 10.4 Å². The van der Waals surface area contributed by atoms with Gasteiger partial charge in [0.2, 0.25) is 11.9 Å². The third kappa shape index (κ3) is 5.24. The molecule has 9 heteroatoms. The normalized spacial score (nSPS) is 11.8. The molecule has 3 aromatic rings. The summed E-state index contributed by atoms with van der Waals surface area (Å²) >= 11 is 1.34. The predicted molar refractivity (Wildman–Crippen MR) is 122 cm³/mol. The molecule has 3 heterocycles. The van der Waals surface area contributed by atoms with Crippen molar-refractivity contribution >= 4 is 52.3 Å². The van der Waals surface area contributed by atoms with Crippen LogP contribution in [0.5, 0.6) is 0 Å². The molecule has 162 valence electrons. The van der Waals surface area contributed by atoms with Gasteiger partial charge in [-0.15, -0.1) is 11.3 Å². The van der Waals surface area contributed by atoms with Crippen LogP contribution in [0.1, 0.15) is 53.4 Å². The molecule has 0 radical (unpaired) electrons. The maximum absolute atomic E-state index is 12.5. The molecule has 0 aliphatic carbocycles. The molecule has 0 aromatic carbocycles. The number of carbonyl (C=O) groups excluding carboxylic acids is 2. The van der Waals surface area contributed by atoms with Crippen molar-refractivity contribution in [1.82, 2.24) is 15.0 Å². The van der Waals surface area contributed by atoms with Crippen LogP contribution >= 0.6 is 11.3 Å². The number of rotatable bonds is 5. The van der Waals surface area contributed by atoms with E-state index < -0.39 is 11.0 Å². The topological polar surface area (TPSA) is 114 Å². The first-order valence-corrected chi connectivity index (χ1v) is 10.6. The van der Waals surface area contributed by atoms with Gasteiger partial charge in [0, 0.05) is 16.5 Å². The summed E-state index contributed by atoms with van der Waals surface area (Å²) in [6, 6.07) is 3.47. The minimum absolute atomic E-state index is 0.0638. The number of hydrogen-bond acceptors (Lipinski definition) is 7. The maximum Gasteiger partial charge on any atom is 0.348 e. The second-order valence-corrected chi connectivity index (χ2v) is 9.05. The van der Waals surface area contributed by atoms with Crippen LogP contribution < -0.4 is 10.9 Å². The first-order chi connectivity index (χ1) is 14.6. The highest BCUT2D eigenvalue weighted by Crippen LogP contribution is 2.25. The number of carbonyl (C=O) groups is 2. The lowest BCUT2D eigenvalue weighted by Gasteiger charge is -2.16. The lowest BCUT2D eigenvalue weighted by Crippen LogP contribution is -2.29. The van der Waals surface area contributed by atoms with Crippen molar-refractivity contribution in [1.29, 1.82) is 0 Å². The van der Waals surface area contributed by atoms with Crippen LogP contribution in [0.3, 0.4) is 0 Å². The molecular formula is C22H24N4O4S. The predicted octanol–water partition coefficient (Wildman–Crippen LogP) is 4.02. The number of aromatic amines is 1. The van der Waals surface area contributed by atoms with Crippen LogP contribution in [-0.2, 0) is 9.53 Å². The summed E-state index contributed by atoms with van der Waals surface area (Å²) in [6.07, 6.45) is 5.27. The third-order valence-electron chi connectivity index (χ3n) is 4.36. The molecule has 0 fully saturated rings. The average Bonchev–Trinajstić information content (AvgIpc) is 3.07. The zero-order chi connectivity index (χ0) is 22.8. The molecule has 31 heavy (non-hydrogen) atoms. The van der Waals surface area contributed by atoms with Gasteiger partial charge in [0.15, 0.2) is 5.65 Å². The molecule has 0 saturated carbocycles. The number of esters is 1. The molecule has 0 aliphatic rings. The van der Waals surface area contributed by atoms with Gasteiger partial charge in [-0.25, -0.2) is 9.78 Å². The van der Waals surface area contributed by atoms with Gasteiger partial charge in [0.1, 0.15) is 4.88 Å². The van der Waals surface area contributed by atoms with Crippen molar-refractivity contribution in [3.05, 3.63) is 49.6 Å². The number of nitrogens with one attached hydrogen (secondary N) is 2. The van der Waals surface area contributed by atoms with E-state index in [9.17, 15) is 14.4 Å². The smallest absolute Gasteiger partial charge is 0.348 e. The van der Waals surface area contributed by atoms with E-state index in [0.29, 0.717) is 22.4 Å². The number of thiophene rings is 1. The van der Waals surface area contributed by atoms with Gasteiger partial charge in [-0.1, -0.05) is 26.8 Å². The molecule has 0 spiro atoms. The van der Waals surface area contributed by atoms with Crippen molar-refractivity contribution in [3.63, 3.8) is 0 Å². The van der Waals surface area contributed by atoms with E-state index in [2.05, 4.69) is 20.3 Å². The highest BCUT2D eigenvalue weighted by atomic mass is 32.1. The van der Waals surface area contributed by atoms with E-state index in [1.807, 2.05) is 19.1 Å². The molecule has 0 bridgehead atoms. The minimum atomic E-state index is -0.622. The monoisotopic (exact) mass is 440 g/mol. The number of amides is 1. The lowest BCUT2D eigenvalue weighted by molar-refractivity contribution is -0.123. The Hall–Kier alpha value is -3.33. The fourth-order valence-corrected chi connectivity index (χ4v) is 3.59. The van der Waals surface area contributed by atoms with Gasteiger partial charge < -0.3 is 4.74 Å². The molecule has 2 N–H and O–H groups in total. The highest BCUT2D eigenvalue weighted by molar-refractivity contribution is 7.15. The Morgan fingerprint density at radius 1 is 1.26 bits per heavy atom. The van der Waals surface area contributed by atoms with Crippen LogP contribution in [0.2, 0.25) is 0 Å². The molecular weight excluding hydrogens is 416 g/mol. The maximum atomic E-state index is 12.5. The summed E-state index contributed by atoms with van der Waals surface area (Å²) < 4.78 is 5.04. The van der Waals surface area contributed by atoms with E-state index >= 15 is 0 Å². The number of ether oxygens (including phenoxy) is 1. The summed E-state index contributed by atoms with van der Waals surface area (Å²) in [5.74, 6) is -0.536. The average molecular weight is 441 g/mol. The summed E-state index contributed by atoms with van der Waals surface area (Å²) in [4.78, 5) is 49.0. The summed E-state index contributed by atoms with van der Waals surface area (Å²) in [5, 5.41) is 2.92. The van der Waals surface area contributed by atoms with Crippen molar-refractivity contribution < 1.29 is 14.3 Å². The Bertz CT molecular complexity index is 1230. The molecule has 0 aliphatic heterocycles. The molecule has 0 saturated heterocycles. The fourth-order valence-electron chi connectivity index (χ4n) is 2.62. The van der Waals surface area contributed by atoms with Crippen molar-refractivity contribution in [2.24, 2.45) is 5.41 Å². The van der Waals surface area contributed by atoms with E-state index in [4.69, 9.17) is 4.74 Å². The van der Waals surface area contributed by atoms with Gasteiger partial charge in [0.05, 0.1) is 12.0 Å². The van der Waals surface area contributed by atoms with Crippen LogP contribution in [-0.4, -0.2) is 33.4 Å². The van der Waals surface area contributed by atoms with Crippen LogP contribution in [0.25, 0.3) is 23.2 Å². The second kappa shape index (κ2) is 8.81. The van der Waals surface area contributed by atoms with Gasteiger partial charge in [-0.05, 0) is 43.2 Å². The SMILES string of the molecule is CCOC(=O)c1cc(C)c(C=Cc2cnc3nc(NC(=O)C(C)(C)C)[nH]c(=O)c3c2)s1. The third-order valence-corrected chi connectivity index (χ3v) is 5.54. The Morgan fingerprint density at radius 2 is 2.00 bits per heavy atom. The summed E-state index contributed by atoms with van der Waals surface area (Å²) in [6.45, 7) is 9.31. The van der Waals surface area contributed by atoms with Crippen LogP contribution in [0.4, 0.5) is 5.95 Å². The van der Waals surface area contributed by atoms with Crippen molar-refractivity contribution in [2.75, 3.05) is 11.9 Å². The van der Waals surface area contributed by atoms with Crippen LogP contribution in [0.15, 0.2) is 23.1 Å². The number of hydrogen-bond donors (Lipinski definition) is 2. The molecule has 3 rings (SSSR count). The van der Waals surface area contributed by atoms with Crippen molar-refractivity contribution in [3.8, 4) is 0 Å². The number of nitrogens with zero attached hydrogens (tertiary/aromatic N) is 2. The first kappa shape index (κ1) is 22.4. The van der Waals surface area contributed by atoms with E-state index in [1.165, 1.54) is 11.3 Å². The number of H-pyrrole nitrogens is 1. The number of anilines is 1. The summed E-state index contributed by atoms with van der Waals surface area (Å²) in [7, 11) is 0. The minimum Gasteiger partial charge on any atom is -0.462 e. The molecule has 0 unspecified atom stereocenters. The molecule has 3 aromatic heterocycles. The summed E-state index contributed by atoms with van der Waals surface area (Å²) in [5.41, 5.74) is 0.882. The van der Waals surface area contributed by atoms with Gasteiger partial charge in [-0.3, -0.25) is 19.9 Å². The second-order valence-electron chi connectivity index (χ2n) is 7.97. The van der Waals surface area contributed by atoms with Crippen LogP contribution in [0, 0.1) is 12.3 Å². The quantitative estimate of drug-likeness (QED) is 0.579. The number of pyridine rings is 1. The van der Waals surface area contributed by atoms with Gasteiger partial charge in [0.25, 0.3) is 5.56 Å². The van der Waals surface area contributed by atoms with Gasteiger partial charge in [-0.2, -0.15) is 4.98 Å². The van der Waals surface area contributed by atoms with Gasteiger partial charge >= 0.3 is 5.97 Å². The largest absolute Gasteiger partial charge is 0.462 e. The number of aryl methyl sites for hydroxylation is 1. The Morgan fingerprint density at radius 3 is 2.68 bits per heavy atom. The molecule has 1 amide bonds. The standard InChI is InChI=1S/C22H24N4O4S/c1-6-30-19(28)16-9-12(2)15(31-16)8-7-13-10-14-17(23-11-13)24-21(25-18(14)27)26-20(29)22(3,4)5/h7-11H,6H2,1-5H3,(H2,23,24,25,26,27,29).